The largest absolute Gasteiger partial charge is 0.497 e. The SMILES string of the molecule is CN=C(NCc1ccc(OC)cc1)NCc1ccc(C(N)=O)cc1. The van der Waals surface area contributed by atoms with Gasteiger partial charge in [0.15, 0.2) is 5.96 Å². The number of nitrogens with one attached hydrogen (secondary N) is 2. The minimum Gasteiger partial charge on any atom is -0.497 e. The molecule has 0 unspecified atom stereocenters. The van der Waals surface area contributed by atoms with Gasteiger partial charge in [-0.25, -0.2) is 0 Å². The molecule has 0 fully saturated rings. The predicted molar refractivity (Wildman–Crippen MR) is 95.0 cm³/mol. The predicted octanol–water partition coefficient (Wildman–Crippen LogP) is 1.66. The first-order valence-corrected chi connectivity index (χ1v) is 7.58. The topological polar surface area (TPSA) is 88.7 Å². The molecule has 4 N–H and O–H groups in total. The fourth-order valence-electron chi connectivity index (χ4n) is 2.12. The van der Waals surface area contributed by atoms with Crippen LogP contribution in [0.25, 0.3) is 0 Å². The molecule has 0 saturated heterocycles. The Bertz CT molecular complexity index is 694. The van der Waals surface area contributed by atoms with Gasteiger partial charge in [-0.1, -0.05) is 24.3 Å². The molecule has 0 aliphatic heterocycles. The number of carbonyl (C=O) groups is 1. The summed E-state index contributed by atoms with van der Waals surface area (Å²) in [5, 5.41) is 6.47. The summed E-state index contributed by atoms with van der Waals surface area (Å²) in [7, 11) is 3.37. The van der Waals surface area contributed by atoms with Crippen molar-refractivity contribution in [3.05, 3.63) is 65.2 Å². The van der Waals surface area contributed by atoms with Gasteiger partial charge in [-0.3, -0.25) is 9.79 Å². The Labute approximate surface area is 141 Å². The number of aliphatic imine (C=N–C) groups is 1. The molecule has 0 radical (unpaired) electrons. The maximum absolute atomic E-state index is 11.1. The summed E-state index contributed by atoms with van der Waals surface area (Å²) in [4.78, 5) is 15.2. The van der Waals surface area contributed by atoms with Gasteiger partial charge in [0.25, 0.3) is 0 Å². The molecule has 1 amide bonds. The lowest BCUT2D eigenvalue weighted by molar-refractivity contribution is 0.100. The molecule has 2 aromatic carbocycles. The number of guanidine groups is 1. The molecule has 2 rings (SSSR count). The fourth-order valence-corrected chi connectivity index (χ4v) is 2.12. The lowest BCUT2D eigenvalue weighted by atomic mass is 10.1. The Morgan fingerprint density at radius 3 is 1.92 bits per heavy atom. The number of primary amides is 1. The van der Waals surface area contributed by atoms with Gasteiger partial charge in [0.1, 0.15) is 5.75 Å². The third-order valence-corrected chi connectivity index (χ3v) is 3.54. The highest BCUT2D eigenvalue weighted by Gasteiger charge is 2.02. The van der Waals surface area contributed by atoms with Gasteiger partial charge in [0, 0.05) is 25.7 Å². The van der Waals surface area contributed by atoms with E-state index in [0.717, 1.165) is 16.9 Å². The minimum atomic E-state index is -0.425. The van der Waals surface area contributed by atoms with E-state index in [0.29, 0.717) is 24.6 Å². The Balaban J connectivity index is 1.84. The molecule has 24 heavy (non-hydrogen) atoms. The van der Waals surface area contributed by atoms with E-state index in [9.17, 15) is 4.79 Å². The van der Waals surface area contributed by atoms with Crippen molar-refractivity contribution in [3.8, 4) is 5.75 Å². The number of nitrogens with two attached hydrogens (primary N) is 1. The first kappa shape index (κ1) is 17.3. The summed E-state index contributed by atoms with van der Waals surface area (Å²) in [6.45, 7) is 1.26. The van der Waals surface area contributed by atoms with Crippen molar-refractivity contribution in [2.45, 2.75) is 13.1 Å². The Morgan fingerprint density at radius 1 is 1.00 bits per heavy atom. The quantitative estimate of drug-likeness (QED) is 0.556. The Morgan fingerprint density at radius 2 is 1.50 bits per heavy atom. The van der Waals surface area contributed by atoms with Crippen molar-refractivity contribution in [2.24, 2.45) is 10.7 Å². The van der Waals surface area contributed by atoms with Crippen LogP contribution >= 0.6 is 0 Å². The third-order valence-electron chi connectivity index (χ3n) is 3.54. The van der Waals surface area contributed by atoms with Gasteiger partial charge in [-0.2, -0.15) is 0 Å². The van der Waals surface area contributed by atoms with Gasteiger partial charge in [0.05, 0.1) is 7.11 Å². The third kappa shape index (κ3) is 5.01. The van der Waals surface area contributed by atoms with Crippen LogP contribution in [-0.2, 0) is 13.1 Å². The smallest absolute Gasteiger partial charge is 0.248 e. The van der Waals surface area contributed by atoms with E-state index in [-0.39, 0.29) is 0 Å². The molecule has 0 aromatic heterocycles. The van der Waals surface area contributed by atoms with Crippen LogP contribution in [0.3, 0.4) is 0 Å². The number of methoxy groups -OCH3 is 1. The van der Waals surface area contributed by atoms with E-state index in [1.807, 2.05) is 36.4 Å². The summed E-state index contributed by atoms with van der Waals surface area (Å²) in [5.74, 6) is 1.11. The van der Waals surface area contributed by atoms with E-state index < -0.39 is 5.91 Å². The lowest BCUT2D eigenvalue weighted by Gasteiger charge is -2.12. The molecular weight excluding hydrogens is 304 g/mol. The summed E-state index contributed by atoms with van der Waals surface area (Å²) in [6, 6.07) is 15.0. The highest BCUT2D eigenvalue weighted by atomic mass is 16.5. The monoisotopic (exact) mass is 326 g/mol. The van der Waals surface area contributed by atoms with Crippen LogP contribution in [0.15, 0.2) is 53.5 Å². The zero-order valence-corrected chi connectivity index (χ0v) is 13.9. The first-order valence-electron chi connectivity index (χ1n) is 7.58. The molecule has 0 saturated carbocycles. The van der Waals surface area contributed by atoms with Crippen LogP contribution in [0.5, 0.6) is 5.75 Å². The van der Waals surface area contributed by atoms with Gasteiger partial charge >= 0.3 is 0 Å². The fraction of sp³-hybridized carbons (Fsp3) is 0.222. The molecule has 0 bridgehead atoms. The number of hydrogen-bond donors (Lipinski definition) is 3. The van der Waals surface area contributed by atoms with E-state index in [4.69, 9.17) is 10.5 Å². The normalized spacial score (nSPS) is 11.0. The van der Waals surface area contributed by atoms with Crippen molar-refractivity contribution >= 4 is 11.9 Å². The number of benzene rings is 2. The Kier molecular flexibility index (Phi) is 6.19. The summed E-state index contributed by atoms with van der Waals surface area (Å²) in [5.41, 5.74) is 7.89. The molecule has 6 nitrogen and oxygen atoms in total. The second-order valence-electron chi connectivity index (χ2n) is 5.19. The van der Waals surface area contributed by atoms with Crippen molar-refractivity contribution in [1.82, 2.24) is 10.6 Å². The van der Waals surface area contributed by atoms with Gasteiger partial charge in [-0.05, 0) is 35.4 Å². The highest BCUT2D eigenvalue weighted by Crippen LogP contribution is 2.10. The standard InChI is InChI=1S/C18H22N4O2/c1-20-18(22-12-14-5-9-16(24-2)10-6-14)21-11-13-3-7-15(8-4-13)17(19)23/h3-10H,11-12H2,1-2H3,(H2,19,23)(H2,20,21,22). The molecule has 0 aliphatic carbocycles. The van der Waals surface area contributed by atoms with E-state index in [1.54, 1.807) is 26.3 Å². The number of rotatable bonds is 6. The molecular formula is C18H22N4O2. The maximum atomic E-state index is 11.1. The van der Waals surface area contributed by atoms with Crippen LogP contribution in [0.4, 0.5) is 0 Å². The second-order valence-corrected chi connectivity index (χ2v) is 5.19. The van der Waals surface area contributed by atoms with Gasteiger partial charge in [0.2, 0.25) is 5.91 Å². The highest BCUT2D eigenvalue weighted by molar-refractivity contribution is 5.92. The average molecular weight is 326 g/mol. The Hall–Kier alpha value is -3.02. The lowest BCUT2D eigenvalue weighted by Crippen LogP contribution is -2.36. The van der Waals surface area contributed by atoms with Crippen LogP contribution < -0.4 is 21.1 Å². The number of nitrogens with zero attached hydrogens (tertiary/aromatic N) is 1. The zero-order chi connectivity index (χ0) is 17.4. The van der Waals surface area contributed by atoms with Crippen molar-refractivity contribution in [1.29, 1.82) is 0 Å². The first-order chi connectivity index (χ1) is 11.6. The van der Waals surface area contributed by atoms with E-state index in [1.165, 1.54) is 0 Å². The molecule has 0 heterocycles. The number of hydrogen-bond acceptors (Lipinski definition) is 3. The summed E-state index contributed by atoms with van der Waals surface area (Å²) in [6.07, 6.45) is 0. The summed E-state index contributed by atoms with van der Waals surface area (Å²) < 4.78 is 5.14. The molecule has 126 valence electrons. The van der Waals surface area contributed by atoms with Gasteiger partial charge in [-0.15, -0.1) is 0 Å². The van der Waals surface area contributed by atoms with Crippen LogP contribution in [0.2, 0.25) is 0 Å². The van der Waals surface area contributed by atoms with E-state index >= 15 is 0 Å². The molecule has 0 atom stereocenters. The van der Waals surface area contributed by atoms with Gasteiger partial charge < -0.3 is 21.1 Å². The maximum Gasteiger partial charge on any atom is 0.248 e. The van der Waals surface area contributed by atoms with Crippen LogP contribution in [0.1, 0.15) is 21.5 Å². The number of amides is 1. The average Bonchev–Trinajstić information content (AvgIpc) is 2.62. The molecule has 2 aromatic rings. The summed E-state index contributed by atoms with van der Waals surface area (Å²) >= 11 is 0. The van der Waals surface area contributed by atoms with Crippen molar-refractivity contribution in [2.75, 3.05) is 14.2 Å². The van der Waals surface area contributed by atoms with Crippen molar-refractivity contribution in [3.63, 3.8) is 0 Å². The number of ether oxygens (including phenoxy) is 1. The second kappa shape index (κ2) is 8.57. The minimum absolute atomic E-state index is 0.425. The molecule has 0 aliphatic rings. The van der Waals surface area contributed by atoms with Crippen LogP contribution in [-0.4, -0.2) is 26.0 Å². The van der Waals surface area contributed by atoms with E-state index in [2.05, 4.69) is 15.6 Å². The zero-order valence-electron chi connectivity index (χ0n) is 13.9. The van der Waals surface area contributed by atoms with Crippen LogP contribution in [0, 0.1) is 0 Å². The number of carbonyl (C=O) groups excluding carboxylic acids is 1. The molecule has 6 heteroatoms. The molecule has 0 spiro atoms. The van der Waals surface area contributed by atoms with Crippen molar-refractivity contribution < 1.29 is 9.53 Å².